The molecule has 2 nitrogen and oxygen atoms in total. The Labute approximate surface area is 68.8 Å². The molecule has 0 heterocycles. The average Bonchev–Trinajstić information content (AvgIpc) is 1.88. The molecule has 0 aliphatic heterocycles. The Hall–Kier alpha value is -0.550. The van der Waals surface area contributed by atoms with Gasteiger partial charge in [0.2, 0.25) is 0 Å². The lowest BCUT2D eigenvalue weighted by Gasteiger charge is -2.28. The summed E-state index contributed by atoms with van der Waals surface area (Å²) in [7, 11) is 0. The molecule has 0 aromatic carbocycles. The second-order valence-corrected chi connectivity index (χ2v) is 3.95. The number of hydrogen-bond donors (Lipinski definition) is 1. The minimum Gasteiger partial charge on any atom is -0.391 e. The first-order chi connectivity index (χ1) is 4.93. The lowest BCUT2D eigenvalue weighted by atomic mass is 9.81. The van der Waals surface area contributed by atoms with Gasteiger partial charge in [-0.1, -0.05) is 27.7 Å². The zero-order valence-corrected chi connectivity index (χ0v) is 7.76. The molecule has 0 radical (unpaired) electrons. The molecule has 2 heteroatoms. The Morgan fingerprint density at radius 2 is 1.91 bits per heavy atom. The van der Waals surface area contributed by atoms with Gasteiger partial charge in [-0.25, -0.2) is 0 Å². The summed E-state index contributed by atoms with van der Waals surface area (Å²) in [5.74, 6) is -0.227. The fraction of sp³-hybridized carbons (Fsp3) is 0.889. The fourth-order valence-electron chi connectivity index (χ4n) is 0.989. The molecule has 2 unspecified atom stereocenters. The molecule has 64 valence electrons. The summed E-state index contributed by atoms with van der Waals surface area (Å²) in [5.41, 5.74) is -0.184. The first-order valence-corrected chi connectivity index (χ1v) is 4.01. The van der Waals surface area contributed by atoms with Gasteiger partial charge in [0.15, 0.2) is 0 Å². The summed E-state index contributed by atoms with van der Waals surface area (Å²) in [4.78, 5) is 0. The van der Waals surface area contributed by atoms with Gasteiger partial charge in [-0.05, 0) is 11.8 Å². The van der Waals surface area contributed by atoms with Crippen LogP contribution in [-0.4, -0.2) is 11.2 Å². The third-order valence-corrected chi connectivity index (χ3v) is 1.87. The molecule has 0 aromatic rings. The van der Waals surface area contributed by atoms with E-state index >= 15 is 0 Å². The number of rotatable bonds is 2. The first kappa shape index (κ1) is 10.4. The van der Waals surface area contributed by atoms with Gasteiger partial charge in [-0.2, -0.15) is 5.26 Å². The van der Waals surface area contributed by atoms with Crippen molar-refractivity contribution in [2.24, 2.45) is 11.3 Å². The Balaban J connectivity index is 4.24. The Morgan fingerprint density at radius 1 is 1.45 bits per heavy atom. The molecule has 0 saturated heterocycles. The van der Waals surface area contributed by atoms with Crippen molar-refractivity contribution in [3.05, 3.63) is 0 Å². The molecule has 0 rings (SSSR count). The van der Waals surface area contributed by atoms with Crippen molar-refractivity contribution in [3.8, 4) is 6.07 Å². The number of aliphatic hydroxyl groups excluding tert-OH is 1. The van der Waals surface area contributed by atoms with Crippen LogP contribution in [0.3, 0.4) is 0 Å². The third kappa shape index (κ3) is 2.90. The predicted molar refractivity (Wildman–Crippen MR) is 44.9 cm³/mol. The molecule has 0 bridgehead atoms. The molecule has 0 aromatic heterocycles. The van der Waals surface area contributed by atoms with E-state index in [1.165, 1.54) is 0 Å². The van der Waals surface area contributed by atoms with Crippen LogP contribution in [0.15, 0.2) is 0 Å². The number of hydrogen-bond acceptors (Lipinski definition) is 2. The quantitative estimate of drug-likeness (QED) is 0.662. The molecule has 0 aliphatic rings. The molecule has 0 aliphatic carbocycles. The van der Waals surface area contributed by atoms with Crippen molar-refractivity contribution < 1.29 is 5.11 Å². The van der Waals surface area contributed by atoms with Crippen molar-refractivity contribution in [1.29, 1.82) is 5.26 Å². The number of nitriles is 1. The maximum atomic E-state index is 9.62. The van der Waals surface area contributed by atoms with Gasteiger partial charge in [0.05, 0.1) is 18.1 Å². The molecule has 0 saturated carbocycles. The van der Waals surface area contributed by atoms with E-state index in [0.717, 1.165) is 6.42 Å². The monoisotopic (exact) mass is 155 g/mol. The average molecular weight is 155 g/mol. The third-order valence-electron chi connectivity index (χ3n) is 1.87. The Kier molecular flexibility index (Phi) is 3.54. The Morgan fingerprint density at radius 3 is 2.00 bits per heavy atom. The standard InChI is InChI=1S/C9H17NO/c1-5-7(6-10)8(11)9(2,3)4/h7-8,11H,5H2,1-4H3. The molecule has 0 fully saturated rings. The molecular formula is C9H17NO. The lowest BCUT2D eigenvalue weighted by molar-refractivity contribution is 0.0293. The second-order valence-electron chi connectivity index (χ2n) is 3.95. The van der Waals surface area contributed by atoms with Gasteiger partial charge in [-0.15, -0.1) is 0 Å². The van der Waals surface area contributed by atoms with E-state index in [1.54, 1.807) is 0 Å². The molecular weight excluding hydrogens is 138 g/mol. The molecule has 2 atom stereocenters. The highest BCUT2D eigenvalue weighted by molar-refractivity contribution is 4.92. The first-order valence-electron chi connectivity index (χ1n) is 4.01. The summed E-state index contributed by atoms with van der Waals surface area (Å²) in [5, 5.41) is 18.3. The van der Waals surface area contributed by atoms with Crippen LogP contribution < -0.4 is 0 Å². The van der Waals surface area contributed by atoms with Crippen molar-refractivity contribution in [3.63, 3.8) is 0 Å². The highest BCUT2D eigenvalue weighted by Crippen LogP contribution is 2.26. The predicted octanol–water partition coefficient (Wildman–Crippen LogP) is 1.94. The normalized spacial score (nSPS) is 17.1. The van der Waals surface area contributed by atoms with Crippen LogP contribution in [0.25, 0.3) is 0 Å². The summed E-state index contributed by atoms with van der Waals surface area (Å²) >= 11 is 0. The summed E-state index contributed by atoms with van der Waals surface area (Å²) < 4.78 is 0. The number of aliphatic hydroxyl groups is 1. The molecule has 0 spiro atoms. The van der Waals surface area contributed by atoms with Gasteiger partial charge in [0.25, 0.3) is 0 Å². The zero-order chi connectivity index (χ0) is 9.07. The van der Waals surface area contributed by atoms with Crippen molar-refractivity contribution >= 4 is 0 Å². The largest absolute Gasteiger partial charge is 0.391 e. The van der Waals surface area contributed by atoms with Crippen LogP contribution in [0.4, 0.5) is 0 Å². The fourth-order valence-corrected chi connectivity index (χ4v) is 0.989. The highest BCUT2D eigenvalue weighted by atomic mass is 16.3. The van der Waals surface area contributed by atoms with Crippen LogP contribution in [0, 0.1) is 22.7 Å². The van der Waals surface area contributed by atoms with Gasteiger partial charge in [-0.3, -0.25) is 0 Å². The van der Waals surface area contributed by atoms with Crippen LogP contribution in [-0.2, 0) is 0 Å². The topological polar surface area (TPSA) is 44.0 Å². The van der Waals surface area contributed by atoms with Crippen molar-refractivity contribution in [2.45, 2.75) is 40.2 Å². The van der Waals surface area contributed by atoms with Gasteiger partial charge >= 0.3 is 0 Å². The lowest BCUT2D eigenvalue weighted by Crippen LogP contribution is -2.32. The smallest absolute Gasteiger partial charge is 0.0746 e. The number of nitrogens with zero attached hydrogens (tertiary/aromatic N) is 1. The van der Waals surface area contributed by atoms with E-state index < -0.39 is 6.10 Å². The van der Waals surface area contributed by atoms with Gasteiger partial charge < -0.3 is 5.11 Å². The van der Waals surface area contributed by atoms with Gasteiger partial charge in [0, 0.05) is 0 Å². The van der Waals surface area contributed by atoms with E-state index in [1.807, 2.05) is 27.7 Å². The van der Waals surface area contributed by atoms with E-state index in [-0.39, 0.29) is 11.3 Å². The van der Waals surface area contributed by atoms with E-state index in [4.69, 9.17) is 5.26 Å². The maximum absolute atomic E-state index is 9.62. The molecule has 0 amide bonds. The van der Waals surface area contributed by atoms with E-state index in [9.17, 15) is 5.11 Å². The van der Waals surface area contributed by atoms with Crippen molar-refractivity contribution in [1.82, 2.24) is 0 Å². The molecule has 1 N–H and O–H groups in total. The summed E-state index contributed by atoms with van der Waals surface area (Å²) in [6.45, 7) is 7.75. The SMILES string of the molecule is CCC(C#N)C(O)C(C)(C)C. The van der Waals surface area contributed by atoms with Crippen molar-refractivity contribution in [2.75, 3.05) is 0 Å². The van der Waals surface area contributed by atoms with Crippen LogP contribution in [0.2, 0.25) is 0 Å². The van der Waals surface area contributed by atoms with E-state index in [2.05, 4.69) is 6.07 Å². The minimum atomic E-state index is -0.516. The molecule has 11 heavy (non-hydrogen) atoms. The summed E-state index contributed by atoms with van der Waals surface area (Å²) in [6, 6.07) is 2.11. The van der Waals surface area contributed by atoms with Crippen LogP contribution in [0.1, 0.15) is 34.1 Å². The van der Waals surface area contributed by atoms with Crippen LogP contribution >= 0.6 is 0 Å². The Bertz CT molecular complexity index is 152. The maximum Gasteiger partial charge on any atom is 0.0746 e. The zero-order valence-electron chi connectivity index (χ0n) is 7.76. The second kappa shape index (κ2) is 3.73. The highest BCUT2D eigenvalue weighted by Gasteiger charge is 2.28. The van der Waals surface area contributed by atoms with Crippen LogP contribution in [0.5, 0.6) is 0 Å². The minimum absolute atomic E-state index is 0.184. The van der Waals surface area contributed by atoms with Gasteiger partial charge in [0.1, 0.15) is 0 Å². The van der Waals surface area contributed by atoms with E-state index in [0.29, 0.717) is 0 Å². The summed E-state index contributed by atoms with van der Waals surface area (Å²) in [6.07, 6.45) is 0.201.